The Balaban J connectivity index is 1.78. The zero-order valence-corrected chi connectivity index (χ0v) is 12.1. The van der Waals surface area contributed by atoms with Crippen LogP contribution in [-0.2, 0) is 6.54 Å². The number of aromatic nitrogens is 1. The fourth-order valence-corrected chi connectivity index (χ4v) is 2.66. The summed E-state index contributed by atoms with van der Waals surface area (Å²) in [6, 6.07) is 7.54. The molecular weight excluding hydrogens is 276 g/mol. The van der Waals surface area contributed by atoms with Gasteiger partial charge in [-0.1, -0.05) is 11.6 Å². The van der Waals surface area contributed by atoms with Gasteiger partial charge in [0.2, 0.25) is 5.89 Å². The highest BCUT2D eigenvalue weighted by Gasteiger charge is 2.22. The number of oxazole rings is 1. The van der Waals surface area contributed by atoms with E-state index in [0.29, 0.717) is 24.0 Å². The van der Waals surface area contributed by atoms with E-state index in [1.54, 1.807) is 0 Å². The third-order valence-electron chi connectivity index (χ3n) is 3.55. The van der Waals surface area contributed by atoms with Gasteiger partial charge in [-0.15, -0.1) is 0 Å². The molecule has 3 rings (SSSR count). The van der Waals surface area contributed by atoms with Crippen molar-refractivity contribution in [3.8, 4) is 11.3 Å². The van der Waals surface area contributed by atoms with E-state index in [1.807, 2.05) is 31.2 Å². The Morgan fingerprint density at radius 2 is 2.15 bits per heavy atom. The van der Waals surface area contributed by atoms with E-state index in [-0.39, 0.29) is 6.10 Å². The van der Waals surface area contributed by atoms with Crippen LogP contribution in [0, 0.1) is 6.92 Å². The minimum Gasteiger partial charge on any atom is -0.439 e. The average Bonchev–Trinajstić information content (AvgIpc) is 2.97. The van der Waals surface area contributed by atoms with E-state index in [1.165, 1.54) is 0 Å². The van der Waals surface area contributed by atoms with Crippen LogP contribution in [0.25, 0.3) is 11.3 Å². The van der Waals surface area contributed by atoms with Crippen LogP contribution in [0.2, 0.25) is 5.02 Å². The van der Waals surface area contributed by atoms with Crippen LogP contribution in [0.5, 0.6) is 0 Å². The molecule has 2 heterocycles. The van der Waals surface area contributed by atoms with Crippen molar-refractivity contribution < 1.29 is 9.52 Å². The number of hydrogen-bond donors (Lipinski definition) is 1. The standard InChI is InChI=1S/C15H17ClN2O2/c1-10-15(11-2-4-12(16)5-3-11)20-14(17-10)9-18-7-6-13(19)8-18/h2-5,13,19H,6-9H2,1H3/t13-/m0/s1. The first-order chi connectivity index (χ1) is 9.61. The summed E-state index contributed by atoms with van der Waals surface area (Å²) in [5, 5.41) is 10.2. The van der Waals surface area contributed by atoms with E-state index in [0.717, 1.165) is 30.0 Å². The lowest BCUT2D eigenvalue weighted by Crippen LogP contribution is -2.21. The van der Waals surface area contributed by atoms with Crippen molar-refractivity contribution in [3.63, 3.8) is 0 Å². The Morgan fingerprint density at radius 1 is 1.40 bits per heavy atom. The van der Waals surface area contributed by atoms with Gasteiger partial charge < -0.3 is 9.52 Å². The van der Waals surface area contributed by atoms with E-state index >= 15 is 0 Å². The van der Waals surface area contributed by atoms with Crippen LogP contribution in [-0.4, -0.2) is 34.2 Å². The molecule has 106 valence electrons. The summed E-state index contributed by atoms with van der Waals surface area (Å²) in [6.45, 7) is 4.16. The molecule has 0 saturated carbocycles. The minimum atomic E-state index is -0.221. The van der Waals surface area contributed by atoms with Crippen molar-refractivity contribution in [3.05, 3.63) is 40.9 Å². The molecule has 1 fully saturated rings. The fourth-order valence-electron chi connectivity index (χ4n) is 2.54. The predicted octanol–water partition coefficient (Wildman–Crippen LogP) is 2.87. The topological polar surface area (TPSA) is 49.5 Å². The third-order valence-corrected chi connectivity index (χ3v) is 3.81. The van der Waals surface area contributed by atoms with Crippen LogP contribution in [0.3, 0.4) is 0 Å². The number of nitrogens with zero attached hydrogens (tertiary/aromatic N) is 2. The molecule has 1 aromatic heterocycles. The monoisotopic (exact) mass is 292 g/mol. The van der Waals surface area contributed by atoms with Crippen LogP contribution >= 0.6 is 11.6 Å². The number of benzene rings is 1. The molecule has 0 aliphatic carbocycles. The average molecular weight is 293 g/mol. The third kappa shape index (κ3) is 2.87. The summed E-state index contributed by atoms with van der Waals surface area (Å²) >= 11 is 5.89. The smallest absolute Gasteiger partial charge is 0.209 e. The number of rotatable bonds is 3. The lowest BCUT2D eigenvalue weighted by atomic mass is 10.1. The Kier molecular flexibility index (Phi) is 3.78. The molecule has 5 heteroatoms. The summed E-state index contributed by atoms with van der Waals surface area (Å²) < 4.78 is 5.86. The van der Waals surface area contributed by atoms with Gasteiger partial charge in [-0.05, 0) is 37.6 Å². The first-order valence-corrected chi connectivity index (χ1v) is 7.12. The van der Waals surface area contributed by atoms with Gasteiger partial charge in [0, 0.05) is 23.7 Å². The number of likely N-dealkylation sites (tertiary alicyclic amines) is 1. The van der Waals surface area contributed by atoms with Gasteiger partial charge in [0.25, 0.3) is 0 Å². The lowest BCUT2D eigenvalue weighted by Gasteiger charge is -2.11. The van der Waals surface area contributed by atoms with Crippen molar-refractivity contribution in [1.29, 1.82) is 0 Å². The quantitative estimate of drug-likeness (QED) is 0.945. The van der Waals surface area contributed by atoms with Crippen LogP contribution in [0.4, 0.5) is 0 Å². The van der Waals surface area contributed by atoms with Crippen LogP contribution in [0.15, 0.2) is 28.7 Å². The molecule has 1 aromatic carbocycles. The Morgan fingerprint density at radius 3 is 2.80 bits per heavy atom. The van der Waals surface area contributed by atoms with E-state index in [4.69, 9.17) is 16.0 Å². The summed E-state index contributed by atoms with van der Waals surface area (Å²) in [7, 11) is 0. The zero-order valence-electron chi connectivity index (χ0n) is 11.3. The molecule has 0 bridgehead atoms. The molecule has 4 nitrogen and oxygen atoms in total. The second-order valence-electron chi connectivity index (χ2n) is 5.21. The van der Waals surface area contributed by atoms with Crippen molar-refractivity contribution in [2.75, 3.05) is 13.1 Å². The second kappa shape index (κ2) is 5.56. The summed E-state index contributed by atoms with van der Waals surface area (Å²) in [4.78, 5) is 6.63. The lowest BCUT2D eigenvalue weighted by molar-refractivity contribution is 0.171. The molecule has 20 heavy (non-hydrogen) atoms. The SMILES string of the molecule is Cc1nc(CN2CC[C@H](O)C2)oc1-c1ccc(Cl)cc1. The number of β-amino-alcohol motifs (C(OH)–C–C–N with tert-alkyl or cyclic N) is 1. The molecule has 1 aliphatic rings. The highest BCUT2D eigenvalue weighted by molar-refractivity contribution is 6.30. The fraction of sp³-hybridized carbons (Fsp3) is 0.400. The Bertz CT molecular complexity index is 594. The number of aryl methyl sites for hydroxylation is 1. The van der Waals surface area contributed by atoms with E-state index < -0.39 is 0 Å². The number of aliphatic hydroxyl groups excluding tert-OH is 1. The second-order valence-corrected chi connectivity index (χ2v) is 5.64. The highest BCUT2D eigenvalue weighted by Crippen LogP contribution is 2.26. The van der Waals surface area contributed by atoms with Crippen LogP contribution in [0.1, 0.15) is 18.0 Å². The zero-order chi connectivity index (χ0) is 14.1. The largest absolute Gasteiger partial charge is 0.439 e. The maximum atomic E-state index is 9.54. The minimum absolute atomic E-state index is 0.221. The maximum absolute atomic E-state index is 9.54. The first kappa shape index (κ1) is 13.6. The van der Waals surface area contributed by atoms with Crippen molar-refractivity contribution in [2.45, 2.75) is 26.0 Å². The molecule has 2 aromatic rings. The molecule has 0 spiro atoms. The number of hydrogen-bond acceptors (Lipinski definition) is 4. The van der Waals surface area contributed by atoms with Crippen molar-refractivity contribution in [2.24, 2.45) is 0 Å². The summed E-state index contributed by atoms with van der Waals surface area (Å²) in [6.07, 6.45) is 0.603. The molecular formula is C15H17ClN2O2. The number of aliphatic hydroxyl groups is 1. The molecule has 0 unspecified atom stereocenters. The molecule has 1 saturated heterocycles. The van der Waals surface area contributed by atoms with Crippen molar-refractivity contribution in [1.82, 2.24) is 9.88 Å². The Hall–Kier alpha value is -1.36. The molecule has 1 atom stereocenters. The van der Waals surface area contributed by atoms with E-state index in [9.17, 15) is 5.11 Å². The van der Waals surface area contributed by atoms with Crippen molar-refractivity contribution >= 4 is 11.6 Å². The Labute approximate surface area is 123 Å². The molecule has 1 aliphatic heterocycles. The predicted molar refractivity (Wildman–Crippen MR) is 77.6 cm³/mol. The molecule has 1 N–H and O–H groups in total. The van der Waals surface area contributed by atoms with Gasteiger partial charge in [0.15, 0.2) is 5.76 Å². The molecule has 0 amide bonds. The highest BCUT2D eigenvalue weighted by atomic mass is 35.5. The normalized spacial score (nSPS) is 19.6. The molecule has 0 radical (unpaired) electrons. The first-order valence-electron chi connectivity index (χ1n) is 6.74. The van der Waals surface area contributed by atoms with Gasteiger partial charge >= 0.3 is 0 Å². The summed E-state index contributed by atoms with van der Waals surface area (Å²) in [5.74, 6) is 1.48. The van der Waals surface area contributed by atoms with Gasteiger partial charge in [-0.3, -0.25) is 4.90 Å². The van der Waals surface area contributed by atoms with Crippen LogP contribution < -0.4 is 0 Å². The number of halogens is 1. The van der Waals surface area contributed by atoms with Gasteiger partial charge in [0.1, 0.15) is 0 Å². The van der Waals surface area contributed by atoms with Gasteiger partial charge in [-0.25, -0.2) is 4.98 Å². The van der Waals surface area contributed by atoms with Gasteiger partial charge in [0.05, 0.1) is 18.3 Å². The van der Waals surface area contributed by atoms with Gasteiger partial charge in [-0.2, -0.15) is 0 Å². The maximum Gasteiger partial charge on any atom is 0.209 e. The van der Waals surface area contributed by atoms with E-state index in [2.05, 4.69) is 9.88 Å². The summed E-state index contributed by atoms with van der Waals surface area (Å²) in [5.41, 5.74) is 1.86.